The second kappa shape index (κ2) is 6.58. The minimum atomic E-state index is -0.687. The summed E-state index contributed by atoms with van der Waals surface area (Å²) in [6.07, 6.45) is 0. The maximum atomic E-state index is 11.7. The lowest BCUT2D eigenvalue weighted by atomic mass is 10.3. The molecule has 3 N–H and O–H groups in total. The molecule has 1 unspecified atom stereocenters. The Bertz CT molecular complexity index is 570. The van der Waals surface area contributed by atoms with Crippen molar-refractivity contribution in [1.82, 2.24) is 4.98 Å². The van der Waals surface area contributed by atoms with Crippen molar-refractivity contribution in [3.63, 3.8) is 0 Å². The van der Waals surface area contributed by atoms with Gasteiger partial charge in [-0.05, 0) is 22.0 Å². The Hall–Kier alpha value is -0.800. The molecule has 19 heavy (non-hydrogen) atoms. The van der Waals surface area contributed by atoms with Gasteiger partial charge in [-0.1, -0.05) is 0 Å². The molecule has 2 aromatic rings. The van der Waals surface area contributed by atoms with Crippen LogP contribution in [-0.4, -0.2) is 30.6 Å². The number of nitrogens with zero attached hydrogens (tertiary/aromatic N) is 1. The van der Waals surface area contributed by atoms with Crippen LogP contribution < -0.4 is 11.1 Å². The van der Waals surface area contributed by atoms with E-state index >= 15 is 0 Å². The predicted octanol–water partition coefficient (Wildman–Crippen LogP) is 2.55. The van der Waals surface area contributed by atoms with Crippen molar-refractivity contribution in [2.45, 2.75) is 6.04 Å². The van der Waals surface area contributed by atoms with Gasteiger partial charge in [-0.25, -0.2) is 4.98 Å². The van der Waals surface area contributed by atoms with Crippen LogP contribution >= 0.6 is 38.6 Å². The molecule has 0 saturated carbocycles. The number of thiazole rings is 1. The number of halogens is 1. The van der Waals surface area contributed by atoms with Crippen LogP contribution in [0.1, 0.15) is 0 Å². The molecule has 0 fully saturated rings. The summed E-state index contributed by atoms with van der Waals surface area (Å²) in [6, 6.07) is 1.30. The van der Waals surface area contributed by atoms with Crippen molar-refractivity contribution >= 4 is 49.6 Å². The average molecular weight is 362 g/mol. The molecular weight excluding hydrogens is 350 g/mol. The summed E-state index contributed by atoms with van der Waals surface area (Å²) < 4.78 is 5.85. The normalized spacial score (nSPS) is 12.4. The van der Waals surface area contributed by atoms with E-state index in [4.69, 9.17) is 10.5 Å². The molecule has 0 aromatic carbocycles. The Morgan fingerprint density at radius 1 is 1.58 bits per heavy atom. The third-order valence-electron chi connectivity index (χ3n) is 2.24. The first kappa shape index (κ1) is 14.6. The number of amides is 1. The molecule has 1 amide bonds. The summed E-state index contributed by atoms with van der Waals surface area (Å²) >= 11 is 6.36. The zero-order chi connectivity index (χ0) is 13.8. The van der Waals surface area contributed by atoms with E-state index in [1.54, 1.807) is 11.3 Å². The molecule has 0 bridgehead atoms. The molecule has 1 atom stereocenters. The maximum absolute atomic E-state index is 11.7. The summed E-state index contributed by atoms with van der Waals surface area (Å²) in [4.78, 5) is 17.1. The number of ether oxygens (including phenoxy) is 1. The number of hydrogen-bond donors (Lipinski definition) is 2. The van der Waals surface area contributed by atoms with Crippen molar-refractivity contribution in [3.05, 3.63) is 21.3 Å². The number of aromatic nitrogens is 1. The second-order valence-corrected chi connectivity index (χ2v) is 6.40. The van der Waals surface area contributed by atoms with Crippen LogP contribution in [-0.2, 0) is 9.53 Å². The molecule has 0 spiro atoms. The van der Waals surface area contributed by atoms with Crippen LogP contribution in [0.3, 0.4) is 0 Å². The van der Waals surface area contributed by atoms with Crippen molar-refractivity contribution in [3.8, 4) is 10.6 Å². The molecule has 2 aromatic heterocycles. The van der Waals surface area contributed by atoms with Gasteiger partial charge in [0.2, 0.25) is 5.91 Å². The van der Waals surface area contributed by atoms with Crippen LogP contribution in [0, 0.1) is 0 Å². The summed E-state index contributed by atoms with van der Waals surface area (Å²) in [5.41, 5.74) is 6.48. The van der Waals surface area contributed by atoms with E-state index in [2.05, 4.69) is 26.2 Å². The van der Waals surface area contributed by atoms with Crippen LogP contribution in [0.5, 0.6) is 0 Å². The topological polar surface area (TPSA) is 77.2 Å². The zero-order valence-electron chi connectivity index (χ0n) is 10.1. The molecule has 0 aliphatic heterocycles. The fourth-order valence-electron chi connectivity index (χ4n) is 1.35. The summed E-state index contributed by atoms with van der Waals surface area (Å²) in [6.45, 7) is 0.182. The lowest BCUT2D eigenvalue weighted by molar-refractivity contribution is -0.118. The van der Waals surface area contributed by atoms with Gasteiger partial charge in [-0.2, -0.15) is 0 Å². The summed E-state index contributed by atoms with van der Waals surface area (Å²) in [5, 5.41) is 7.10. The van der Waals surface area contributed by atoms with Crippen molar-refractivity contribution in [1.29, 1.82) is 0 Å². The number of methoxy groups -OCH3 is 1. The standard InChI is InChI=1S/C11H12BrN3O2S2/c1-17-3-7(13)10(16)15-11-14-8(5-19-11)9-2-6(12)4-18-9/h2,4-5,7H,3,13H2,1H3,(H,14,15,16). The molecule has 0 aliphatic rings. The highest BCUT2D eigenvalue weighted by Crippen LogP contribution is 2.31. The third kappa shape index (κ3) is 3.83. The number of rotatable bonds is 5. The quantitative estimate of drug-likeness (QED) is 0.857. The molecule has 102 valence electrons. The number of hydrogen-bond acceptors (Lipinski definition) is 6. The van der Waals surface area contributed by atoms with Gasteiger partial charge in [0.05, 0.1) is 17.2 Å². The minimum Gasteiger partial charge on any atom is -0.383 e. The van der Waals surface area contributed by atoms with E-state index in [-0.39, 0.29) is 12.5 Å². The number of anilines is 1. The summed E-state index contributed by atoms with van der Waals surface area (Å²) in [7, 11) is 1.50. The highest BCUT2D eigenvalue weighted by molar-refractivity contribution is 9.10. The van der Waals surface area contributed by atoms with Crippen LogP contribution in [0.2, 0.25) is 0 Å². The molecule has 0 saturated heterocycles. The molecule has 0 aliphatic carbocycles. The largest absolute Gasteiger partial charge is 0.383 e. The average Bonchev–Trinajstić information content (AvgIpc) is 2.98. The van der Waals surface area contributed by atoms with E-state index in [0.29, 0.717) is 5.13 Å². The van der Waals surface area contributed by atoms with Gasteiger partial charge < -0.3 is 15.8 Å². The van der Waals surface area contributed by atoms with Gasteiger partial charge in [0, 0.05) is 22.3 Å². The van der Waals surface area contributed by atoms with Crippen molar-refractivity contribution in [2.24, 2.45) is 5.73 Å². The van der Waals surface area contributed by atoms with Crippen molar-refractivity contribution in [2.75, 3.05) is 19.0 Å². The van der Waals surface area contributed by atoms with E-state index < -0.39 is 6.04 Å². The Morgan fingerprint density at radius 2 is 2.37 bits per heavy atom. The van der Waals surface area contributed by atoms with Gasteiger partial charge in [-0.15, -0.1) is 22.7 Å². The van der Waals surface area contributed by atoms with E-state index in [1.165, 1.54) is 18.4 Å². The SMILES string of the molecule is COCC(N)C(=O)Nc1nc(-c2cc(Br)cs2)cs1. The Kier molecular flexibility index (Phi) is 5.06. The van der Waals surface area contributed by atoms with Gasteiger partial charge >= 0.3 is 0 Å². The maximum Gasteiger partial charge on any atom is 0.245 e. The Labute approximate surface area is 126 Å². The van der Waals surface area contributed by atoms with Crippen LogP contribution in [0.25, 0.3) is 10.6 Å². The number of nitrogens with one attached hydrogen (secondary N) is 1. The lowest BCUT2D eigenvalue weighted by Gasteiger charge is -2.08. The number of nitrogens with two attached hydrogens (primary N) is 1. The first-order chi connectivity index (χ1) is 9.10. The van der Waals surface area contributed by atoms with Gasteiger partial charge in [-0.3, -0.25) is 4.79 Å². The van der Waals surface area contributed by atoms with Crippen LogP contribution in [0.4, 0.5) is 5.13 Å². The van der Waals surface area contributed by atoms with E-state index in [9.17, 15) is 4.79 Å². The second-order valence-electron chi connectivity index (χ2n) is 3.72. The Balaban J connectivity index is 2.03. The molecular formula is C11H12BrN3O2S2. The van der Waals surface area contributed by atoms with Gasteiger partial charge in [0.15, 0.2) is 5.13 Å². The molecule has 2 heterocycles. The fraction of sp³-hybridized carbons (Fsp3) is 0.273. The Morgan fingerprint density at radius 3 is 3.00 bits per heavy atom. The lowest BCUT2D eigenvalue weighted by Crippen LogP contribution is -2.39. The molecule has 5 nitrogen and oxygen atoms in total. The third-order valence-corrected chi connectivity index (χ3v) is 4.71. The minimum absolute atomic E-state index is 0.182. The van der Waals surface area contributed by atoms with Crippen LogP contribution in [0.15, 0.2) is 21.3 Å². The van der Waals surface area contributed by atoms with Gasteiger partial charge in [0.1, 0.15) is 6.04 Å². The highest BCUT2D eigenvalue weighted by Gasteiger charge is 2.15. The number of carbonyl (C=O) groups excluding carboxylic acids is 1. The first-order valence-electron chi connectivity index (χ1n) is 5.35. The molecule has 0 radical (unpaired) electrons. The smallest absolute Gasteiger partial charge is 0.245 e. The first-order valence-corrected chi connectivity index (χ1v) is 7.90. The number of thiophene rings is 1. The monoisotopic (exact) mass is 361 g/mol. The van der Waals surface area contributed by atoms with Crippen molar-refractivity contribution < 1.29 is 9.53 Å². The van der Waals surface area contributed by atoms with E-state index in [1.807, 2.05) is 16.8 Å². The zero-order valence-corrected chi connectivity index (χ0v) is 13.3. The fourth-order valence-corrected chi connectivity index (χ4v) is 3.52. The summed E-state index contributed by atoms with van der Waals surface area (Å²) in [5.74, 6) is -0.296. The molecule has 8 heteroatoms. The van der Waals surface area contributed by atoms with E-state index in [0.717, 1.165) is 15.0 Å². The predicted molar refractivity (Wildman–Crippen MR) is 81.6 cm³/mol. The molecule has 2 rings (SSSR count). The highest BCUT2D eigenvalue weighted by atomic mass is 79.9. The number of carbonyl (C=O) groups is 1. The van der Waals surface area contributed by atoms with Gasteiger partial charge in [0.25, 0.3) is 0 Å².